The number of carbonyl (C=O) groups is 1. The fraction of sp³-hybridized carbons (Fsp3) is 0.429. The number of hydrogen-bond donors (Lipinski definition) is 1. The maximum atomic E-state index is 13.4. The van der Waals surface area contributed by atoms with Gasteiger partial charge in [0.1, 0.15) is 0 Å². The van der Waals surface area contributed by atoms with Crippen LogP contribution in [0.1, 0.15) is 37.4 Å². The molecule has 1 saturated heterocycles. The van der Waals surface area contributed by atoms with Crippen molar-refractivity contribution in [1.82, 2.24) is 4.98 Å². The Morgan fingerprint density at radius 2 is 2.00 bits per heavy atom. The summed E-state index contributed by atoms with van der Waals surface area (Å²) in [4.78, 5) is 17.8. The van der Waals surface area contributed by atoms with E-state index in [1.165, 1.54) is 0 Å². The van der Waals surface area contributed by atoms with Crippen LogP contribution in [0.2, 0.25) is 10.0 Å². The molecule has 1 fully saturated rings. The summed E-state index contributed by atoms with van der Waals surface area (Å²) in [6.07, 6.45) is 2.00. The molecule has 3 rings (SSSR count). The Hall–Kier alpha value is -1.82. The fourth-order valence-corrected chi connectivity index (χ4v) is 4.00. The van der Waals surface area contributed by atoms with Crippen LogP contribution in [0.5, 0.6) is 5.88 Å². The number of pyridine rings is 1. The van der Waals surface area contributed by atoms with Crippen LogP contribution in [-0.4, -0.2) is 30.7 Å². The Morgan fingerprint density at radius 1 is 1.25 bits per heavy atom. The molecule has 0 aliphatic carbocycles. The quantitative estimate of drug-likeness (QED) is 0.696. The second-order valence-corrected chi connectivity index (χ2v) is 7.75. The predicted octanol–water partition coefficient (Wildman–Crippen LogP) is 5.17. The van der Waals surface area contributed by atoms with Crippen molar-refractivity contribution < 1.29 is 14.3 Å². The lowest BCUT2D eigenvalue weighted by molar-refractivity contribution is -0.125. The van der Waals surface area contributed by atoms with E-state index >= 15 is 0 Å². The van der Waals surface area contributed by atoms with Gasteiger partial charge in [-0.25, -0.2) is 4.98 Å². The lowest BCUT2D eigenvalue weighted by Gasteiger charge is -2.37. The monoisotopic (exact) mass is 422 g/mol. The first kappa shape index (κ1) is 20.9. The molecule has 5 nitrogen and oxygen atoms in total. The molecule has 1 N–H and O–H groups in total. The van der Waals surface area contributed by atoms with Crippen molar-refractivity contribution in [3.8, 4) is 5.88 Å². The number of anilines is 1. The molecule has 1 aliphatic heterocycles. The molecule has 1 aliphatic rings. The Bertz CT molecular complexity index is 852. The third kappa shape index (κ3) is 4.43. The van der Waals surface area contributed by atoms with Gasteiger partial charge in [-0.15, -0.1) is 0 Å². The molecule has 1 aromatic carbocycles. The summed E-state index contributed by atoms with van der Waals surface area (Å²) in [6.45, 7) is 5.48. The third-order valence-electron chi connectivity index (χ3n) is 4.99. The molecule has 0 radical (unpaired) electrons. The lowest BCUT2D eigenvalue weighted by atomic mass is 9.73. The topological polar surface area (TPSA) is 60.5 Å². The van der Waals surface area contributed by atoms with E-state index in [1.807, 2.05) is 26.0 Å². The van der Waals surface area contributed by atoms with Crippen LogP contribution < -0.4 is 10.1 Å². The summed E-state index contributed by atoms with van der Waals surface area (Å²) in [5.41, 5.74) is 1.35. The minimum Gasteiger partial charge on any atom is -0.478 e. The molecular weight excluding hydrogens is 399 g/mol. The normalized spacial score (nSPS) is 15.9. The molecule has 1 aromatic heterocycles. The van der Waals surface area contributed by atoms with Gasteiger partial charge in [-0.05, 0) is 49.9 Å². The summed E-state index contributed by atoms with van der Waals surface area (Å²) < 4.78 is 11.1. The van der Waals surface area contributed by atoms with E-state index in [9.17, 15) is 4.79 Å². The molecule has 0 spiro atoms. The number of rotatable bonds is 6. The molecule has 0 bridgehead atoms. The summed E-state index contributed by atoms with van der Waals surface area (Å²) in [7, 11) is 0. The number of halogens is 2. The van der Waals surface area contributed by atoms with Gasteiger partial charge in [-0.2, -0.15) is 0 Å². The van der Waals surface area contributed by atoms with Gasteiger partial charge >= 0.3 is 0 Å². The summed E-state index contributed by atoms with van der Waals surface area (Å²) >= 11 is 12.5. The first-order chi connectivity index (χ1) is 13.5. The van der Waals surface area contributed by atoms with Crippen molar-refractivity contribution in [1.29, 1.82) is 0 Å². The number of nitrogens with one attached hydrogen (secondary N) is 1. The Labute approximate surface area is 175 Å². The highest BCUT2D eigenvalue weighted by atomic mass is 35.5. The van der Waals surface area contributed by atoms with Gasteiger partial charge in [-0.1, -0.05) is 36.2 Å². The number of ether oxygens (including phenoxy) is 2. The van der Waals surface area contributed by atoms with Crippen LogP contribution in [0.15, 0.2) is 30.3 Å². The Kier molecular flexibility index (Phi) is 6.81. The summed E-state index contributed by atoms with van der Waals surface area (Å²) in [6, 6.07) is 8.86. The van der Waals surface area contributed by atoms with Gasteiger partial charge in [0.05, 0.1) is 23.4 Å². The van der Waals surface area contributed by atoms with E-state index in [0.717, 1.165) is 12.0 Å². The van der Waals surface area contributed by atoms with Crippen LogP contribution in [0, 0.1) is 6.92 Å². The zero-order chi connectivity index (χ0) is 20.1. The number of benzene rings is 1. The third-order valence-corrected chi connectivity index (χ3v) is 5.54. The number of aryl methyl sites for hydroxylation is 1. The molecule has 0 saturated carbocycles. The van der Waals surface area contributed by atoms with Crippen molar-refractivity contribution in [2.45, 2.75) is 38.5 Å². The SMILES string of the molecule is CCCOc1ccc(NC(=O)C2(c3ccc(Cl)cc3Cl)CCOCC2)c(C)n1. The number of carbonyl (C=O) groups excluding carboxylic acids is 1. The van der Waals surface area contributed by atoms with Crippen molar-refractivity contribution in [3.63, 3.8) is 0 Å². The second kappa shape index (κ2) is 9.12. The molecule has 2 aromatic rings. The Balaban J connectivity index is 1.89. The molecule has 0 atom stereocenters. The van der Waals surface area contributed by atoms with Crippen molar-refractivity contribution >= 4 is 34.8 Å². The van der Waals surface area contributed by atoms with Crippen LogP contribution in [0.25, 0.3) is 0 Å². The van der Waals surface area contributed by atoms with Crippen LogP contribution in [0.3, 0.4) is 0 Å². The predicted molar refractivity (Wildman–Crippen MR) is 112 cm³/mol. The highest BCUT2D eigenvalue weighted by molar-refractivity contribution is 6.35. The van der Waals surface area contributed by atoms with Crippen LogP contribution in [0.4, 0.5) is 5.69 Å². The first-order valence-electron chi connectivity index (χ1n) is 9.41. The smallest absolute Gasteiger partial charge is 0.235 e. The van der Waals surface area contributed by atoms with Crippen LogP contribution >= 0.6 is 23.2 Å². The fourth-order valence-electron chi connectivity index (χ4n) is 3.42. The van der Waals surface area contributed by atoms with E-state index in [2.05, 4.69) is 10.3 Å². The maximum Gasteiger partial charge on any atom is 0.235 e. The lowest BCUT2D eigenvalue weighted by Crippen LogP contribution is -2.45. The maximum absolute atomic E-state index is 13.4. The number of aromatic nitrogens is 1. The van der Waals surface area contributed by atoms with Crippen LogP contribution in [-0.2, 0) is 14.9 Å². The zero-order valence-electron chi connectivity index (χ0n) is 16.1. The van der Waals surface area contributed by atoms with E-state index in [-0.39, 0.29) is 5.91 Å². The largest absolute Gasteiger partial charge is 0.478 e. The van der Waals surface area contributed by atoms with Gasteiger partial charge in [0.25, 0.3) is 0 Å². The van der Waals surface area contributed by atoms with Crippen molar-refractivity contribution in [2.75, 3.05) is 25.1 Å². The average Bonchev–Trinajstić information content (AvgIpc) is 2.68. The number of amides is 1. The highest BCUT2D eigenvalue weighted by Crippen LogP contribution is 2.40. The number of nitrogens with zero attached hydrogens (tertiary/aromatic N) is 1. The highest BCUT2D eigenvalue weighted by Gasteiger charge is 2.43. The second-order valence-electron chi connectivity index (χ2n) is 6.90. The van der Waals surface area contributed by atoms with Gasteiger partial charge in [0.15, 0.2) is 0 Å². The van der Waals surface area contributed by atoms with E-state index in [4.69, 9.17) is 32.7 Å². The molecule has 150 valence electrons. The minimum absolute atomic E-state index is 0.118. The first-order valence-corrected chi connectivity index (χ1v) is 10.2. The summed E-state index contributed by atoms with van der Waals surface area (Å²) in [5.74, 6) is 0.436. The van der Waals surface area contributed by atoms with Crippen molar-refractivity contribution in [3.05, 3.63) is 51.6 Å². The minimum atomic E-state index is -0.774. The molecule has 2 heterocycles. The van der Waals surface area contributed by atoms with Gasteiger partial charge in [0.2, 0.25) is 11.8 Å². The standard InChI is InChI=1S/C21H24Cl2N2O3/c1-3-10-28-19-7-6-18(14(2)24-19)25-20(26)21(8-11-27-12-9-21)16-5-4-15(22)13-17(16)23/h4-7,13H,3,8-12H2,1-2H3,(H,25,26). The summed E-state index contributed by atoms with van der Waals surface area (Å²) in [5, 5.41) is 4.07. The molecule has 28 heavy (non-hydrogen) atoms. The molecule has 7 heteroatoms. The molecule has 0 unspecified atom stereocenters. The zero-order valence-corrected chi connectivity index (χ0v) is 17.6. The molecule has 1 amide bonds. The van der Waals surface area contributed by atoms with Crippen molar-refractivity contribution in [2.24, 2.45) is 0 Å². The van der Waals surface area contributed by atoms with E-state index in [0.29, 0.717) is 60.0 Å². The van der Waals surface area contributed by atoms with E-state index in [1.54, 1.807) is 18.2 Å². The number of hydrogen-bond acceptors (Lipinski definition) is 4. The Morgan fingerprint density at radius 3 is 2.64 bits per heavy atom. The van der Waals surface area contributed by atoms with E-state index < -0.39 is 5.41 Å². The van der Waals surface area contributed by atoms with Gasteiger partial charge < -0.3 is 14.8 Å². The van der Waals surface area contributed by atoms with Gasteiger partial charge in [-0.3, -0.25) is 4.79 Å². The van der Waals surface area contributed by atoms with Gasteiger partial charge in [0, 0.05) is 29.3 Å². The molecular formula is C21H24Cl2N2O3. The average molecular weight is 423 g/mol.